The van der Waals surface area contributed by atoms with E-state index < -0.39 is 29.9 Å². The number of thiophene rings is 2. The van der Waals surface area contributed by atoms with Gasteiger partial charge in [-0.25, -0.2) is 4.79 Å². The molecule has 0 aromatic carbocycles. The van der Waals surface area contributed by atoms with Crippen molar-refractivity contribution in [3.8, 4) is 0 Å². The number of hydrogen-bond donors (Lipinski definition) is 1. The van der Waals surface area contributed by atoms with Crippen LogP contribution in [0.2, 0.25) is 0 Å². The summed E-state index contributed by atoms with van der Waals surface area (Å²) < 4.78 is 5.71. The molecule has 8 heteroatoms. The Bertz CT molecular complexity index is 1230. The van der Waals surface area contributed by atoms with E-state index in [2.05, 4.69) is 0 Å². The molecule has 1 saturated heterocycles. The maximum Gasteiger partial charge on any atom is 0.327 e. The van der Waals surface area contributed by atoms with E-state index >= 15 is 0 Å². The Kier molecular flexibility index (Phi) is 5.53. The first kappa shape index (κ1) is 22.1. The minimum absolute atomic E-state index is 0.162. The zero-order valence-corrected chi connectivity index (χ0v) is 20.2. The highest BCUT2D eigenvalue weighted by Gasteiger charge is 2.60. The second kappa shape index (κ2) is 8.25. The summed E-state index contributed by atoms with van der Waals surface area (Å²) in [6, 6.07) is 5.51. The summed E-state index contributed by atoms with van der Waals surface area (Å²) in [4.78, 5) is 43.6. The van der Waals surface area contributed by atoms with Crippen LogP contribution in [0.15, 0.2) is 39.4 Å². The molecule has 172 valence electrons. The number of amides is 1. The zero-order valence-electron chi connectivity index (χ0n) is 18.6. The van der Waals surface area contributed by atoms with E-state index in [0.29, 0.717) is 5.76 Å². The van der Waals surface area contributed by atoms with E-state index in [4.69, 9.17) is 4.42 Å². The highest BCUT2D eigenvalue weighted by Crippen LogP contribution is 2.55. The fourth-order valence-corrected chi connectivity index (χ4v) is 7.22. The third-order valence-electron chi connectivity index (χ3n) is 6.76. The fourth-order valence-electron chi connectivity index (χ4n) is 5.05. The molecule has 3 aromatic rings. The Labute approximate surface area is 199 Å². The number of aliphatic carboxylic acids is 1. The van der Waals surface area contributed by atoms with Gasteiger partial charge in [-0.05, 0) is 79.8 Å². The van der Waals surface area contributed by atoms with Gasteiger partial charge in [-0.15, -0.1) is 22.7 Å². The van der Waals surface area contributed by atoms with E-state index in [1.54, 1.807) is 19.1 Å². The summed E-state index contributed by atoms with van der Waals surface area (Å²) >= 11 is 2.92. The van der Waals surface area contributed by atoms with Crippen LogP contribution in [0, 0.1) is 32.6 Å². The van der Waals surface area contributed by atoms with Gasteiger partial charge in [0.2, 0.25) is 11.7 Å². The summed E-state index contributed by atoms with van der Waals surface area (Å²) in [6.07, 6.45) is 1.52. The Morgan fingerprint density at radius 2 is 1.61 bits per heavy atom. The molecule has 3 aromatic heterocycles. The van der Waals surface area contributed by atoms with Crippen molar-refractivity contribution in [2.45, 2.75) is 51.6 Å². The van der Waals surface area contributed by atoms with E-state index in [1.165, 1.54) is 27.6 Å². The van der Waals surface area contributed by atoms with Gasteiger partial charge >= 0.3 is 5.97 Å². The summed E-state index contributed by atoms with van der Waals surface area (Å²) in [5.41, 5.74) is 1.90. The predicted molar refractivity (Wildman–Crippen MR) is 126 cm³/mol. The maximum atomic E-state index is 14.0. The molecule has 1 N–H and O–H groups in total. The molecule has 2 fully saturated rings. The molecule has 2 aliphatic rings. The summed E-state index contributed by atoms with van der Waals surface area (Å²) in [7, 11) is 0. The van der Waals surface area contributed by atoms with Crippen molar-refractivity contribution in [2.75, 3.05) is 0 Å². The van der Waals surface area contributed by atoms with Gasteiger partial charge < -0.3 is 14.4 Å². The van der Waals surface area contributed by atoms with Gasteiger partial charge in [0.1, 0.15) is 11.8 Å². The molecular weight excluding hydrogens is 458 g/mol. The predicted octanol–water partition coefficient (Wildman–Crippen LogP) is 5.36. The van der Waals surface area contributed by atoms with Gasteiger partial charge in [-0.1, -0.05) is 0 Å². The van der Waals surface area contributed by atoms with Crippen molar-refractivity contribution in [1.29, 1.82) is 0 Å². The van der Waals surface area contributed by atoms with Crippen molar-refractivity contribution in [3.63, 3.8) is 0 Å². The normalized spacial score (nSPS) is 24.9. The average Bonchev–Trinajstić information content (AvgIpc) is 3.06. The quantitative estimate of drug-likeness (QED) is 0.477. The van der Waals surface area contributed by atoms with Crippen LogP contribution in [0.1, 0.15) is 62.0 Å². The highest BCUT2D eigenvalue weighted by atomic mass is 32.1. The first-order valence-electron chi connectivity index (χ1n) is 11.0. The molecule has 1 amide bonds. The SMILES string of the molecule is Cc1ccc(C(=O)C2C(c3sccc3C)C(C(=O)O)N(C(=O)C3CC3)C2c2sccc2C)o1. The topological polar surface area (TPSA) is 87.8 Å². The van der Waals surface area contributed by atoms with Crippen molar-refractivity contribution in [3.05, 3.63) is 67.4 Å². The standard InChI is InChI=1S/C25H25NO5S2/c1-12-8-10-32-22(12)18-17(21(27)16-7-4-14(3)31-16)19(23-13(2)9-11-33-23)26(20(18)25(29)30)24(28)15-5-6-15/h4,7-11,15,17-20H,5-6H2,1-3H3,(H,29,30). The molecule has 4 unspecified atom stereocenters. The molecule has 6 nitrogen and oxygen atoms in total. The summed E-state index contributed by atoms with van der Waals surface area (Å²) in [6.45, 7) is 5.65. The first-order chi connectivity index (χ1) is 15.8. The number of carboxylic acid groups (broad SMARTS) is 1. The number of carbonyl (C=O) groups is 3. The summed E-state index contributed by atoms with van der Waals surface area (Å²) in [5, 5.41) is 14.3. The lowest BCUT2D eigenvalue weighted by molar-refractivity contribution is -0.150. The molecular formula is C25H25NO5S2. The Morgan fingerprint density at radius 3 is 2.09 bits per heavy atom. The zero-order chi connectivity index (χ0) is 23.4. The number of ketones is 1. The highest BCUT2D eigenvalue weighted by molar-refractivity contribution is 7.10. The molecule has 1 saturated carbocycles. The molecule has 4 heterocycles. The minimum Gasteiger partial charge on any atom is -0.480 e. The molecule has 1 aliphatic carbocycles. The van der Waals surface area contributed by atoms with E-state index in [1.807, 2.05) is 36.7 Å². The van der Waals surface area contributed by atoms with Gasteiger partial charge in [-0.2, -0.15) is 0 Å². The van der Waals surface area contributed by atoms with Crippen molar-refractivity contribution in [1.82, 2.24) is 4.90 Å². The van der Waals surface area contributed by atoms with Crippen LogP contribution in [-0.4, -0.2) is 33.7 Å². The molecule has 0 spiro atoms. The molecule has 33 heavy (non-hydrogen) atoms. The molecule has 0 radical (unpaired) electrons. The number of furan rings is 1. The third-order valence-corrected chi connectivity index (χ3v) is 8.97. The molecule has 0 bridgehead atoms. The number of carbonyl (C=O) groups excluding carboxylic acids is 2. The Morgan fingerprint density at radius 1 is 0.970 bits per heavy atom. The van der Waals surface area contributed by atoms with Crippen LogP contribution >= 0.6 is 22.7 Å². The fraction of sp³-hybridized carbons (Fsp3) is 0.400. The molecule has 4 atom stereocenters. The Balaban J connectivity index is 1.75. The van der Waals surface area contributed by atoms with Gasteiger partial charge in [0.05, 0.1) is 12.0 Å². The van der Waals surface area contributed by atoms with Crippen molar-refractivity contribution in [2.24, 2.45) is 11.8 Å². The van der Waals surface area contributed by atoms with Crippen LogP contribution in [0.25, 0.3) is 0 Å². The van der Waals surface area contributed by atoms with E-state index in [9.17, 15) is 19.5 Å². The number of rotatable bonds is 6. The number of hydrogen-bond acceptors (Lipinski definition) is 6. The lowest BCUT2D eigenvalue weighted by atomic mass is 9.80. The lowest BCUT2D eigenvalue weighted by Crippen LogP contribution is -2.44. The second-order valence-corrected chi connectivity index (χ2v) is 10.9. The van der Waals surface area contributed by atoms with Gasteiger partial charge in [0.25, 0.3) is 0 Å². The number of Topliss-reactive ketones (excluding diaryl/α,β-unsaturated/α-hetero) is 1. The largest absolute Gasteiger partial charge is 0.480 e. The number of likely N-dealkylation sites (tertiary alicyclic amines) is 1. The number of carboxylic acids is 1. The first-order valence-corrected chi connectivity index (χ1v) is 12.8. The van der Waals surface area contributed by atoms with Crippen molar-refractivity contribution < 1.29 is 23.9 Å². The average molecular weight is 484 g/mol. The number of nitrogens with zero attached hydrogens (tertiary/aromatic N) is 1. The van der Waals surface area contributed by atoms with Crippen LogP contribution < -0.4 is 0 Å². The van der Waals surface area contributed by atoms with Gasteiger partial charge in [0.15, 0.2) is 5.76 Å². The van der Waals surface area contributed by atoms with Crippen molar-refractivity contribution >= 4 is 40.3 Å². The van der Waals surface area contributed by atoms with E-state index in [-0.39, 0.29) is 23.4 Å². The lowest BCUT2D eigenvalue weighted by Gasteiger charge is -2.30. The van der Waals surface area contributed by atoms with Crippen LogP contribution in [-0.2, 0) is 9.59 Å². The minimum atomic E-state index is -1.12. The maximum absolute atomic E-state index is 14.0. The monoisotopic (exact) mass is 483 g/mol. The summed E-state index contributed by atoms with van der Waals surface area (Å²) in [5.74, 6) is -2.25. The smallest absolute Gasteiger partial charge is 0.327 e. The van der Waals surface area contributed by atoms with Gasteiger partial charge in [-0.3, -0.25) is 9.59 Å². The van der Waals surface area contributed by atoms with Crippen LogP contribution in [0.4, 0.5) is 0 Å². The van der Waals surface area contributed by atoms with E-state index in [0.717, 1.165) is 33.7 Å². The molecule has 1 aliphatic heterocycles. The Hall–Kier alpha value is -2.71. The van der Waals surface area contributed by atoms with Crippen LogP contribution in [0.5, 0.6) is 0 Å². The third kappa shape index (κ3) is 3.65. The van der Waals surface area contributed by atoms with Gasteiger partial charge in [0, 0.05) is 21.6 Å². The number of aryl methyl sites for hydroxylation is 3. The molecule has 5 rings (SSSR count). The second-order valence-electron chi connectivity index (χ2n) is 9.01. The van der Waals surface area contributed by atoms with Crippen LogP contribution in [0.3, 0.4) is 0 Å².